The van der Waals surface area contributed by atoms with Crippen LogP contribution in [0.1, 0.15) is 18.1 Å². The van der Waals surface area contributed by atoms with Crippen molar-refractivity contribution in [2.45, 2.75) is 20.8 Å². The Labute approximate surface area is 90.2 Å². The summed E-state index contributed by atoms with van der Waals surface area (Å²) in [4.78, 5) is 10.8. The first-order chi connectivity index (χ1) is 7.00. The monoisotopic (exact) mass is 207 g/mol. The van der Waals surface area contributed by atoms with Crippen molar-refractivity contribution in [1.29, 1.82) is 0 Å². The maximum Gasteiger partial charge on any atom is 0.223 e. The van der Waals surface area contributed by atoms with Gasteiger partial charge in [-0.3, -0.25) is 4.79 Å². The van der Waals surface area contributed by atoms with Gasteiger partial charge in [-0.15, -0.1) is 0 Å². The van der Waals surface area contributed by atoms with Crippen LogP contribution in [0.4, 0.5) is 0 Å². The lowest BCUT2D eigenvalue weighted by atomic mass is 10.1. The molecule has 2 N–H and O–H groups in total. The molecule has 0 radical (unpaired) electrons. The molecule has 0 fully saturated rings. The lowest BCUT2D eigenvalue weighted by molar-refractivity contribution is -0.122. The van der Waals surface area contributed by atoms with Crippen LogP contribution in [0.3, 0.4) is 0 Å². The Balaban J connectivity index is 2.65. The number of benzene rings is 1. The number of carbonyl (C=O) groups excluding carboxylic acids is 1. The molecule has 1 rings (SSSR count). The Morgan fingerprint density at radius 1 is 1.47 bits per heavy atom. The molecule has 0 aliphatic heterocycles. The van der Waals surface area contributed by atoms with E-state index < -0.39 is 0 Å². The van der Waals surface area contributed by atoms with Crippen molar-refractivity contribution in [3.8, 4) is 5.75 Å². The van der Waals surface area contributed by atoms with Gasteiger partial charge in [-0.2, -0.15) is 0 Å². The SMILES string of the molecule is Cc1ccc(C)c(OCC(C)C(N)=O)c1. The van der Waals surface area contributed by atoms with E-state index in [0.717, 1.165) is 16.9 Å². The van der Waals surface area contributed by atoms with Crippen molar-refractivity contribution in [2.75, 3.05) is 6.61 Å². The van der Waals surface area contributed by atoms with Gasteiger partial charge in [-0.1, -0.05) is 19.1 Å². The molecule has 1 amide bonds. The fraction of sp³-hybridized carbons (Fsp3) is 0.417. The van der Waals surface area contributed by atoms with Crippen LogP contribution < -0.4 is 10.5 Å². The van der Waals surface area contributed by atoms with E-state index in [2.05, 4.69) is 0 Å². The molecule has 0 heterocycles. The number of rotatable bonds is 4. The number of nitrogens with two attached hydrogens (primary N) is 1. The Morgan fingerprint density at radius 3 is 2.73 bits per heavy atom. The van der Waals surface area contributed by atoms with Crippen LogP contribution >= 0.6 is 0 Å². The second kappa shape index (κ2) is 4.82. The maximum atomic E-state index is 10.8. The minimum atomic E-state index is -0.333. The van der Waals surface area contributed by atoms with Gasteiger partial charge in [0.1, 0.15) is 5.75 Å². The molecule has 3 nitrogen and oxygen atoms in total. The number of amides is 1. The summed E-state index contributed by atoms with van der Waals surface area (Å²) in [6.45, 7) is 6.07. The highest BCUT2D eigenvalue weighted by atomic mass is 16.5. The molecule has 15 heavy (non-hydrogen) atoms. The van der Waals surface area contributed by atoms with Gasteiger partial charge in [0.25, 0.3) is 0 Å². The van der Waals surface area contributed by atoms with Crippen LogP contribution in [0, 0.1) is 19.8 Å². The van der Waals surface area contributed by atoms with E-state index in [9.17, 15) is 4.79 Å². The number of aryl methyl sites for hydroxylation is 2. The fourth-order valence-electron chi connectivity index (χ4n) is 1.16. The predicted molar refractivity (Wildman–Crippen MR) is 59.8 cm³/mol. The zero-order valence-corrected chi connectivity index (χ0v) is 9.41. The van der Waals surface area contributed by atoms with E-state index in [4.69, 9.17) is 10.5 Å². The molecule has 1 atom stereocenters. The van der Waals surface area contributed by atoms with E-state index in [1.807, 2.05) is 32.0 Å². The second-order valence-corrected chi connectivity index (χ2v) is 3.88. The number of hydrogen-bond donors (Lipinski definition) is 1. The van der Waals surface area contributed by atoms with Gasteiger partial charge >= 0.3 is 0 Å². The zero-order chi connectivity index (χ0) is 11.4. The third kappa shape index (κ3) is 3.27. The van der Waals surface area contributed by atoms with E-state index >= 15 is 0 Å². The highest BCUT2D eigenvalue weighted by Gasteiger charge is 2.10. The summed E-state index contributed by atoms with van der Waals surface area (Å²) in [7, 11) is 0. The highest BCUT2D eigenvalue weighted by Crippen LogP contribution is 2.19. The Morgan fingerprint density at radius 2 is 2.13 bits per heavy atom. The number of primary amides is 1. The summed E-state index contributed by atoms with van der Waals surface area (Å²) in [5.41, 5.74) is 7.36. The Hall–Kier alpha value is -1.51. The van der Waals surface area contributed by atoms with Crippen molar-refractivity contribution < 1.29 is 9.53 Å². The van der Waals surface area contributed by atoms with E-state index in [1.165, 1.54) is 0 Å². The van der Waals surface area contributed by atoms with Crippen LogP contribution in [-0.4, -0.2) is 12.5 Å². The molecule has 0 saturated carbocycles. The molecule has 0 bridgehead atoms. The van der Waals surface area contributed by atoms with Gasteiger partial charge < -0.3 is 10.5 Å². The molecule has 1 aromatic carbocycles. The van der Waals surface area contributed by atoms with Gasteiger partial charge in [-0.25, -0.2) is 0 Å². The molecule has 0 aromatic heterocycles. The first-order valence-electron chi connectivity index (χ1n) is 5.00. The predicted octanol–water partition coefficient (Wildman–Crippen LogP) is 1.80. The van der Waals surface area contributed by atoms with Crippen molar-refractivity contribution >= 4 is 5.91 Å². The minimum absolute atomic E-state index is 0.259. The largest absolute Gasteiger partial charge is 0.492 e. The standard InChI is InChI=1S/C12H17NO2/c1-8-4-5-9(2)11(6-8)15-7-10(3)12(13)14/h4-6,10H,7H2,1-3H3,(H2,13,14). The number of ether oxygens (including phenoxy) is 1. The van der Waals surface area contributed by atoms with Gasteiger partial charge in [-0.05, 0) is 31.0 Å². The van der Waals surface area contributed by atoms with E-state index in [0.29, 0.717) is 6.61 Å². The molecule has 0 spiro atoms. The molecule has 1 aromatic rings. The second-order valence-electron chi connectivity index (χ2n) is 3.88. The molecule has 3 heteroatoms. The number of hydrogen-bond acceptors (Lipinski definition) is 2. The normalized spacial score (nSPS) is 12.2. The topological polar surface area (TPSA) is 52.3 Å². The summed E-state index contributed by atoms with van der Waals surface area (Å²) in [6, 6.07) is 5.99. The molecular weight excluding hydrogens is 190 g/mol. The zero-order valence-electron chi connectivity index (χ0n) is 9.41. The first kappa shape index (κ1) is 11.6. The van der Waals surface area contributed by atoms with Crippen LogP contribution in [0.5, 0.6) is 5.75 Å². The Kier molecular flexibility index (Phi) is 3.72. The maximum absolute atomic E-state index is 10.8. The smallest absolute Gasteiger partial charge is 0.223 e. The van der Waals surface area contributed by atoms with Crippen molar-refractivity contribution in [1.82, 2.24) is 0 Å². The van der Waals surface area contributed by atoms with Gasteiger partial charge in [0.05, 0.1) is 12.5 Å². The van der Waals surface area contributed by atoms with Gasteiger partial charge in [0, 0.05) is 0 Å². The van der Waals surface area contributed by atoms with Crippen molar-refractivity contribution in [3.05, 3.63) is 29.3 Å². The average molecular weight is 207 g/mol. The van der Waals surface area contributed by atoms with Crippen molar-refractivity contribution in [2.24, 2.45) is 11.7 Å². The quantitative estimate of drug-likeness (QED) is 0.818. The minimum Gasteiger partial charge on any atom is -0.492 e. The lowest BCUT2D eigenvalue weighted by Crippen LogP contribution is -2.25. The number of carbonyl (C=O) groups is 1. The lowest BCUT2D eigenvalue weighted by Gasteiger charge is -2.12. The average Bonchev–Trinajstić information content (AvgIpc) is 2.18. The Bertz CT molecular complexity index is 361. The third-order valence-corrected chi connectivity index (χ3v) is 2.32. The third-order valence-electron chi connectivity index (χ3n) is 2.32. The van der Waals surface area contributed by atoms with Crippen molar-refractivity contribution in [3.63, 3.8) is 0 Å². The first-order valence-corrected chi connectivity index (χ1v) is 5.00. The summed E-state index contributed by atoms with van der Waals surface area (Å²) in [5.74, 6) is 0.230. The van der Waals surface area contributed by atoms with E-state index in [1.54, 1.807) is 6.92 Å². The van der Waals surface area contributed by atoms with Gasteiger partial charge in [0.2, 0.25) is 5.91 Å². The molecule has 0 aliphatic rings. The van der Waals surface area contributed by atoms with E-state index in [-0.39, 0.29) is 11.8 Å². The molecule has 1 unspecified atom stereocenters. The fourth-order valence-corrected chi connectivity index (χ4v) is 1.16. The van der Waals surface area contributed by atoms with Crippen LogP contribution in [0.2, 0.25) is 0 Å². The van der Waals surface area contributed by atoms with Gasteiger partial charge in [0.15, 0.2) is 0 Å². The van der Waals surface area contributed by atoms with Crippen LogP contribution in [-0.2, 0) is 4.79 Å². The summed E-state index contributed by atoms with van der Waals surface area (Å²) in [5, 5.41) is 0. The van der Waals surface area contributed by atoms with Crippen LogP contribution in [0.15, 0.2) is 18.2 Å². The highest BCUT2D eigenvalue weighted by molar-refractivity contribution is 5.76. The molecule has 0 aliphatic carbocycles. The summed E-state index contributed by atoms with van der Waals surface area (Å²) < 4.78 is 5.54. The van der Waals surface area contributed by atoms with Crippen LogP contribution in [0.25, 0.3) is 0 Å². The molecule has 0 saturated heterocycles. The molecular formula is C12H17NO2. The summed E-state index contributed by atoms with van der Waals surface area (Å²) >= 11 is 0. The summed E-state index contributed by atoms with van der Waals surface area (Å²) in [6.07, 6.45) is 0. The molecule has 82 valence electrons.